The van der Waals surface area contributed by atoms with E-state index in [0.717, 1.165) is 26.1 Å². The Kier molecular flexibility index (Phi) is 6.07. The van der Waals surface area contributed by atoms with Gasteiger partial charge in [0.15, 0.2) is 0 Å². The average Bonchev–Trinajstić information content (AvgIpc) is 2.94. The zero-order valence-corrected chi connectivity index (χ0v) is 13.4. The maximum atomic E-state index is 12.1. The molecule has 3 rings (SSSR count). The van der Waals surface area contributed by atoms with Crippen LogP contribution in [0, 0.1) is 0 Å². The third-order valence-electron chi connectivity index (χ3n) is 4.71. The fraction of sp³-hybridized carbons (Fsp3) is 0.933. The molecule has 0 aromatic carbocycles. The van der Waals surface area contributed by atoms with E-state index < -0.39 is 6.10 Å². The number of nitrogens with zero attached hydrogens (tertiary/aromatic N) is 1. The number of amides is 2. The third-order valence-corrected chi connectivity index (χ3v) is 4.71. The fourth-order valence-corrected chi connectivity index (χ4v) is 3.24. The monoisotopic (exact) mass is 329 g/mol. The summed E-state index contributed by atoms with van der Waals surface area (Å²) in [5.74, 6) is 0. The molecule has 0 aromatic heterocycles. The van der Waals surface area contributed by atoms with Crippen molar-refractivity contribution in [3.8, 4) is 0 Å². The highest BCUT2D eigenvalue weighted by molar-refractivity contribution is 5.74. The van der Waals surface area contributed by atoms with Gasteiger partial charge in [0.1, 0.15) is 6.10 Å². The molecule has 3 fully saturated rings. The van der Waals surface area contributed by atoms with Crippen LogP contribution in [0.1, 0.15) is 12.8 Å². The van der Waals surface area contributed by atoms with E-state index in [4.69, 9.17) is 14.2 Å². The van der Waals surface area contributed by atoms with Gasteiger partial charge in [0, 0.05) is 38.9 Å². The van der Waals surface area contributed by atoms with Crippen molar-refractivity contribution in [3.63, 3.8) is 0 Å². The normalized spacial score (nSPS) is 32.9. The van der Waals surface area contributed by atoms with E-state index in [-0.39, 0.29) is 18.2 Å². The molecule has 8 heteroatoms. The molecule has 3 aliphatic rings. The minimum Gasteiger partial charge on any atom is -0.389 e. The Morgan fingerprint density at radius 1 is 1.13 bits per heavy atom. The van der Waals surface area contributed by atoms with Crippen LogP contribution in [0.3, 0.4) is 0 Å². The molecule has 0 saturated carbocycles. The average molecular weight is 329 g/mol. The number of carbonyl (C=O) groups is 1. The van der Waals surface area contributed by atoms with Gasteiger partial charge in [0.25, 0.3) is 0 Å². The van der Waals surface area contributed by atoms with Crippen LogP contribution in [0.25, 0.3) is 0 Å². The van der Waals surface area contributed by atoms with Gasteiger partial charge in [-0.15, -0.1) is 0 Å². The molecule has 0 unspecified atom stereocenters. The van der Waals surface area contributed by atoms with Gasteiger partial charge in [-0.2, -0.15) is 0 Å². The number of carbonyl (C=O) groups excluding carboxylic acids is 1. The molecule has 3 aliphatic heterocycles. The van der Waals surface area contributed by atoms with Crippen molar-refractivity contribution in [1.82, 2.24) is 15.5 Å². The summed E-state index contributed by atoms with van der Waals surface area (Å²) >= 11 is 0. The molecule has 3 heterocycles. The molecule has 8 nitrogen and oxygen atoms in total. The first kappa shape index (κ1) is 16.9. The SMILES string of the molecule is O=C(NC[C@H]1OC[C@@H](NC2CCOCC2)[C@@H]1O)N1CCOCC1. The second kappa shape index (κ2) is 8.25. The quantitative estimate of drug-likeness (QED) is 0.608. The van der Waals surface area contributed by atoms with Gasteiger partial charge < -0.3 is 34.9 Å². The van der Waals surface area contributed by atoms with Gasteiger partial charge in [-0.3, -0.25) is 0 Å². The van der Waals surface area contributed by atoms with E-state index in [2.05, 4.69) is 10.6 Å². The number of rotatable bonds is 4. The Morgan fingerprint density at radius 2 is 1.83 bits per heavy atom. The summed E-state index contributed by atoms with van der Waals surface area (Å²) in [4.78, 5) is 13.8. The van der Waals surface area contributed by atoms with Crippen molar-refractivity contribution in [2.24, 2.45) is 0 Å². The molecule has 0 bridgehead atoms. The molecule has 0 radical (unpaired) electrons. The van der Waals surface area contributed by atoms with Gasteiger partial charge in [-0.25, -0.2) is 4.79 Å². The lowest BCUT2D eigenvalue weighted by Crippen LogP contribution is -2.51. The topological polar surface area (TPSA) is 92.3 Å². The van der Waals surface area contributed by atoms with Crippen LogP contribution >= 0.6 is 0 Å². The minimum absolute atomic E-state index is 0.0802. The van der Waals surface area contributed by atoms with Crippen molar-refractivity contribution in [2.75, 3.05) is 52.7 Å². The highest BCUT2D eigenvalue weighted by atomic mass is 16.5. The predicted molar refractivity (Wildman–Crippen MR) is 82.3 cm³/mol. The number of aliphatic hydroxyl groups is 1. The van der Waals surface area contributed by atoms with Crippen molar-refractivity contribution in [2.45, 2.75) is 37.1 Å². The number of aliphatic hydroxyl groups excluding tert-OH is 1. The second-order valence-electron chi connectivity index (χ2n) is 6.31. The van der Waals surface area contributed by atoms with Crippen molar-refractivity contribution < 1.29 is 24.1 Å². The molecule has 0 aliphatic carbocycles. The van der Waals surface area contributed by atoms with Gasteiger partial charge in [-0.1, -0.05) is 0 Å². The van der Waals surface area contributed by atoms with Gasteiger partial charge >= 0.3 is 6.03 Å². The molecule has 23 heavy (non-hydrogen) atoms. The van der Waals surface area contributed by atoms with Crippen molar-refractivity contribution in [1.29, 1.82) is 0 Å². The number of urea groups is 1. The van der Waals surface area contributed by atoms with Crippen molar-refractivity contribution in [3.05, 3.63) is 0 Å². The molecular weight excluding hydrogens is 302 g/mol. The minimum atomic E-state index is -0.608. The zero-order chi connectivity index (χ0) is 16.1. The van der Waals surface area contributed by atoms with E-state index in [1.54, 1.807) is 4.90 Å². The summed E-state index contributed by atoms with van der Waals surface area (Å²) in [5.41, 5.74) is 0. The third kappa shape index (κ3) is 4.54. The number of ether oxygens (including phenoxy) is 3. The maximum absolute atomic E-state index is 12.1. The zero-order valence-electron chi connectivity index (χ0n) is 13.4. The highest BCUT2D eigenvalue weighted by Gasteiger charge is 2.37. The Hall–Kier alpha value is -0.930. The summed E-state index contributed by atoms with van der Waals surface area (Å²) in [5, 5.41) is 16.7. The van der Waals surface area contributed by atoms with E-state index in [0.29, 0.717) is 45.5 Å². The molecule has 3 N–H and O–H groups in total. The van der Waals surface area contributed by atoms with Gasteiger partial charge in [0.05, 0.1) is 32.0 Å². The van der Waals surface area contributed by atoms with Gasteiger partial charge in [-0.05, 0) is 12.8 Å². The molecule has 3 saturated heterocycles. The molecule has 0 spiro atoms. The van der Waals surface area contributed by atoms with Crippen LogP contribution in [-0.2, 0) is 14.2 Å². The Bertz CT molecular complexity index is 385. The van der Waals surface area contributed by atoms with Crippen molar-refractivity contribution >= 4 is 6.03 Å². The van der Waals surface area contributed by atoms with Crippen LogP contribution in [-0.4, -0.2) is 93.0 Å². The summed E-state index contributed by atoms with van der Waals surface area (Å²) < 4.78 is 16.2. The number of hydrogen-bond donors (Lipinski definition) is 3. The summed E-state index contributed by atoms with van der Waals surface area (Å²) in [7, 11) is 0. The summed E-state index contributed by atoms with van der Waals surface area (Å²) in [6, 6.07) is 0.169. The second-order valence-corrected chi connectivity index (χ2v) is 6.31. The van der Waals surface area contributed by atoms with Crippen LogP contribution < -0.4 is 10.6 Å². The number of nitrogens with one attached hydrogen (secondary N) is 2. The Morgan fingerprint density at radius 3 is 2.57 bits per heavy atom. The van der Waals surface area contributed by atoms with E-state index in [1.165, 1.54) is 0 Å². The summed E-state index contributed by atoms with van der Waals surface area (Å²) in [6.07, 6.45) is 0.948. The molecule has 132 valence electrons. The largest absolute Gasteiger partial charge is 0.389 e. The van der Waals surface area contributed by atoms with E-state index in [1.807, 2.05) is 0 Å². The maximum Gasteiger partial charge on any atom is 0.317 e. The lowest BCUT2D eigenvalue weighted by molar-refractivity contribution is 0.0344. The molecular formula is C15H27N3O5. The van der Waals surface area contributed by atoms with Crippen LogP contribution in [0.2, 0.25) is 0 Å². The Labute approximate surface area is 136 Å². The first-order chi connectivity index (χ1) is 11.2. The number of hydrogen-bond acceptors (Lipinski definition) is 6. The molecule has 2 amide bonds. The highest BCUT2D eigenvalue weighted by Crippen LogP contribution is 2.17. The van der Waals surface area contributed by atoms with Crippen LogP contribution in [0.15, 0.2) is 0 Å². The van der Waals surface area contributed by atoms with Crippen LogP contribution in [0.4, 0.5) is 4.79 Å². The Balaban J connectivity index is 1.39. The standard InChI is InChI=1S/C15H27N3O5/c19-14-12(17-11-1-5-21-6-2-11)10-23-13(14)9-16-15(20)18-3-7-22-8-4-18/h11-14,17,19H,1-10H2,(H,16,20)/t12-,13-,14+/m1/s1. The lowest BCUT2D eigenvalue weighted by atomic mass is 10.0. The van der Waals surface area contributed by atoms with Crippen LogP contribution in [0.5, 0.6) is 0 Å². The lowest BCUT2D eigenvalue weighted by Gasteiger charge is -2.29. The molecule has 0 aromatic rings. The first-order valence-electron chi connectivity index (χ1n) is 8.48. The molecule has 3 atom stereocenters. The fourth-order valence-electron chi connectivity index (χ4n) is 3.24. The van der Waals surface area contributed by atoms with E-state index in [9.17, 15) is 9.90 Å². The first-order valence-corrected chi connectivity index (χ1v) is 8.48. The van der Waals surface area contributed by atoms with Gasteiger partial charge in [0.2, 0.25) is 0 Å². The summed E-state index contributed by atoms with van der Waals surface area (Å²) in [6.45, 7) is 4.68. The van der Waals surface area contributed by atoms with E-state index >= 15 is 0 Å². The smallest absolute Gasteiger partial charge is 0.317 e. The number of morpholine rings is 1. The predicted octanol–water partition coefficient (Wildman–Crippen LogP) is -1.07.